The first-order valence-electron chi connectivity index (χ1n) is 10.1. The number of nitrogens with one attached hydrogen (secondary N) is 1. The molecular formula is C22H26N6O3S2. The van der Waals surface area contributed by atoms with Crippen LogP contribution < -0.4 is 10.1 Å². The number of carbonyl (C=O) groups excluding carboxylic acids is 2. The van der Waals surface area contributed by atoms with Crippen LogP contribution in [0.15, 0.2) is 42.1 Å². The minimum Gasteiger partial charge on any atom is -0.497 e. The number of carbonyl (C=O) groups is 2. The van der Waals surface area contributed by atoms with E-state index in [0.29, 0.717) is 33.8 Å². The highest BCUT2D eigenvalue weighted by Gasteiger charge is 2.19. The molecule has 11 heteroatoms. The first-order valence-corrected chi connectivity index (χ1v) is 11.9. The van der Waals surface area contributed by atoms with Crippen molar-refractivity contribution in [3.63, 3.8) is 0 Å². The average molecular weight is 487 g/mol. The Morgan fingerprint density at radius 1 is 1.27 bits per heavy atom. The number of amides is 2. The van der Waals surface area contributed by atoms with E-state index in [1.54, 1.807) is 34.2 Å². The van der Waals surface area contributed by atoms with Crippen LogP contribution in [0.4, 0.5) is 5.13 Å². The van der Waals surface area contributed by atoms with Crippen molar-refractivity contribution in [1.29, 1.82) is 0 Å². The number of aryl methyl sites for hydroxylation is 1. The second-order valence-corrected chi connectivity index (χ2v) is 9.23. The zero-order valence-corrected chi connectivity index (χ0v) is 20.6. The Balaban J connectivity index is 1.64. The van der Waals surface area contributed by atoms with E-state index in [0.717, 1.165) is 17.1 Å². The molecule has 0 aliphatic carbocycles. The van der Waals surface area contributed by atoms with Crippen LogP contribution in [0.2, 0.25) is 0 Å². The predicted molar refractivity (Wildman–Crippen MR) is 130 cm³/mol. The number of hydrogen-bond donors (Lipinski definition) is 1. The van der Waals surface area contributed by atoms with Crippen molar-refractivity contribution in [3.8, 4) is 5.75 Å². The number of hydrogen-bond acceptors (Lipinski definition) is 8. The summed E-state index contributed by atoms with van der Waals surface area (Å²) in [4.78, 5) is 31.0. The second-order valence-electron chi connectivity index (χ2n) is 7.29. The second kappa shape index (κ2) is 11.1. The number of aromatic nitrogens is 4. The standard InChI is InChI=1S/C22H26N6O3S2/c1-6-11-28-17(12-15-7-9-16(31-5)10-8-15)25-26-22(28)32-13-18(29)24-21-23-14(2)19(33-21)20(30)27(3)4/h6-10H,1,11-13H2,2-5H3,(H,23,24,29). The minimum absolute atomic E-state index is 0.132. The van der Waals surface area contributed by atoms with Gasteiger partial charge < -0.3 is 19.5 Å². The zero-order valence-electron chi connectivity index (χ0n) is 19.0. The molecule has 33 heavy (non-hydrogen) atoms. The lowest BCUT2D eigenvalue weighted by Crippen LogP contribution is -2.21. The van der Waals surface area contributed by atoms with Gasteiger partial charge >= 0.3 is 0 Å². The Hall–Kier alpha value is -3.18. The molecule has 0 atom stereocenters. The highest BCUT2D eigenvalue weighted by atomic mass is 32.2. The molecule has 9 nitrogen and oxygen atoms in total. The number of ether oxygens (including phenoxy) is 1. The molecule has 0 aliphatic heterocycles. The summed E-state index contributed by atoms with van der Waals surface area (Å²) in [5.74, 6) is 1.34. The lowest BCUT2D eigenvalue weighted by molar-refractivity contribution is -0.113. The molecule has 0 fully saturated rings. The molecule has 0 bridgehead atoms. The quantitative estimate of drug-likeness (QED) is 0.347. The third kappa shape index (κ3) is 6.20. The van der Waals surface area contributed by atoms with Gasteiger partial charge in [0.2, 0.25) is 5.91 Å². The minimum atomic E-state index is -0.234. The Kier molecular flexibility index (Phi) is 8.23. The summed E-state index contributed by atoms with van der Waals surface area (Å²) in [5.41, 5.74) is 1.67. The number of nitrogens with zero attached hydrogens (tertiary/aromatic N) is 5. The van der Waals surface area contributed by atoms with Crippen molar-refractivity contribution in [2.45, 2.75) is 25.0 Å². The fraction of sp³-hybridized carbons (Fsp3) is 0.318. The van der Waals surface area contributed by atoms with Gasteiger partial charge in [0, 0.05) is 27.1 Å². The lowest BCUT2D eigenvalue weighted by Gasteiger charge is -2.08. The van der Waals surface area contributed by atoms with Gasteiger partial charge in [-0.15, -0.1) is 16.8 Å². The van der Waals surface area contributed by atoms with Crippen LogP contribution in [0, 0.1) is 6.92 Å². The van der Waals surface area contributed by atoms with Gasteiger partial charge in [-0.05, 0) is 24.6 Å². The van der Waals surface area contributed by atoms with E-state index in [1.807, 2.05) is 28.8 Å². The van der Waals surface area contributed by atoms with E-state index < -0.39 is 0 Å². The van der Waals surface area contributed by atoms with Crippen LogP contribution in [-0.4, -0.2) is 63.4 Å². The van der Waals surface area contributed by atoms with E-state index in [4.69, 9.17) is 4.74 Å². The van der Waals surface area contributed by atoms with Crippen molar-refractivity contribution in [2.24, 2.45) is 0 Å². The molecule has 2 aromatic heterocycles. The Morgan fingerprint density at radius 2 is 2.00 bits per heavy atom. The molecule has 0 saturated carbocycles. The van der Waals surface area contributed by atoms with Crippen LogP contribution in [0.1, 0.15) is 26.8 Å². The summed E-state index contributed by atoms with van der Waals surface area (Å²) in [6.07, 6.45) is 2.37. The molecule has 0 saturated heterocycles. The molecule has 2 heterocycles. The first kappa shape index (κ1) is 24.5. The number of thioether (sulfide) groups is 1. The Morgan fingerprint density at radius 3 is 2.64 bits per heavy atom. The fourth-order valence-corrected chi connectivity index (χ4v) is 4.70. The summed E-state index contributed by atoms with van der Waals surface area (Å²) >= 11 is 2.45. The van der Waals surface area contributed by atoms with Crippen molar-refractivity contribution in [3.05, 3.63) is 58.9 Å². The maximum absolute atomic E-state index is 12.5. The maximum atomic E-state index is 12.5. The van der Waals surface area contributed by atoms with Gasteiger partial charge in [0.25, 0.3) is 5.91 Å². The number of methoxy groups -OCH3 is 1. The number of allylic oxidation sites excluding steroid dienone is 1. The number of thiazole rings is 1. The van der Waals surface area contributed by atoms with Crippen molar-refractivity contribution in [2.75, 3.05) is 32.3 Å². The van der Waals surface area contributed by atoms with Crippen molar-refractivity contribution in [1.82, 2.24) is 24.6 Å². The number of anilines is 1. The van der Waals surface area contributed by atoms with E-state index in [-0.39, 0.29) is 17.6 Å². The van der Waals surface area contributed by atoms with Crippen molar-refractivity contribution >= 4 is 40.0 Å². The van der Waals surface area contributed by atoms with Crippen LogP contribution in [0.3, 0.4) is 0 Å². The van der Waals surface area contributed by atoms with Crippen LogP contribution >= 0.6 is 23.1 Å². The van der Waals surface area contributed by atoms with Gasteiger partial charge in [-0.1, -0.05) is 41.3 Å². The molecule has 3 rings (SSSR count). The largest absolute Gasteiger partial charge is 0.497 e. The molecule has 0 aliphatic rings. The summed E-state index contributed by atoms with van der Waals surface area (Å²) in [7, 11) is 4.99. The summed E-state index contributed by atoms with van der Waals surface area (Å²) in [5, 5.41) is 12.4. The van der Waals surface area contributed by atoms with Gasteiger partial charge in [-0.3, -0.25) is 9.59 Å². The van der Waals surface area contributed by atoms with E-state index >= 15 is 0 Å². The molecule has 0 radical (unpaired) electrons. The molecule has 2 amide bonds. The fourth-order valence-electron chi connectivity index (χ4n) is 2.93. The SMILES string of the molecule is C=CCn1c(Cc2ccc(OC)cc2)nnc1SCC(=O)Nc1nc(C)c(C(=O)N(C)C)s1. The van der Waals surface area contributed by atoms with Gasteiger partial charge in [0.05, 0.1) is 18.6 Å². The molecule has 1 N–H and O–H groups in total. The lowest BCUT2D eigenvalue weighted by atomic mass is 10.1. The van der Waals surface area contributed by atoms with E-state index in [1.165, 1.54) is 28.0 Å². The summed E-state index contributed by atoms with van der Waals surface area (Å²) in [6.45, 7) is 6.10. The van der Waals surface area contributed by atoms with Gasteiger partial charge in [-0.2, -0.15) is 0 Å². The van der Waals surface area contributed by atoms with Crippen LogP contribution in [0.25, 0.3) is 0 Å². The molecule has 1 aromatic carbocycles. The highest BCUT2D eigenvalue weighted by molar-refractivity contribution is 7.99. The highest BCUT2D eigenvalue weighted by Crippen LogP contribution is 2.25. The van der Waals surface area contributed by atoms with E-state index in [2.05, 4.69) is 27.1 Å². The monoisotopic (exact) mass is 486 g/mol. The molecule has 0 unspecified atom stereocenters. The summed E-state index contributed by atoms with van der Waals surface area (Å²) in [6, 6.07) is 7.78. The number of rotatable bonds is 10. The Labute approximate surface area is 200 Å². The maximum Gasteiger partial charge on any atom is 0.265 e. The molecule has 3 aromatic rings. The molecule has 0 spiro atoms. The summed E-state index contributed by atoms with van der Waals surface area (Å²) < 4.78 is 7.14. The van der Waals surface area contributed by atoms with Crippen molar-refractivity contribution < 1.29 is 14.3 Å². The average Bonchev–Trinajstić information content (AvgIpc) is 3.35. The third-order valence-corrected chi connectivity index (χ3v) is 6.63. The smallest absolute Gasteiger partial charge is 0.265 e. The van der Waals surface area contributed by atoms with Gasteiger partial charge in [-0.25, -0.2) is 4.98 Å². The normalized spacial score (nSPS) is 10.7. The third-order valence-electron chi connectivity index (χ3n) is 4.60. The van der Waals surface area contributed by atoms with Crippen LogP contribution in [0.5, 0.6) is 5.75 Å². The molecular weight excluding hydrogens is 460 g/mol. The Bertz CT molecular complexity index is 1140. The van der Waals surface area contributed by atoms with Crippen LogP contribution in [-0.2, 0) is 17.8 Å². The molecule has 174 valence electrons. The zero-order chi connectivity index (χ0) is 24.0. The van der Waals surface area contributed by atoms with Gasteiger partial charge in [0.15, 0.2) is 10.3 Å². The first-order chi connectivity index (χ1) is 15.8. The van der Waals surface area contributed by atoms with E-state index in [9.17, 15) is 9.59 Å². The topological polar surface area (TPSA) is 102 Å². The predicted octanol–water partition coefficient (Wildman–Crippen LogP) is 3.26. The number of benzene rings is 1. The van der Waals surface area contributed by atoms with Gasteiger partial charge in [0.1, 0.15) is 16.5 Å².